The summed E-state index contributed by atoms with van der Waals surface area (Å²) in [5, 5.41) is 0. The van der Waals surface area contributed by atoms with Crippen molar-refractivity contribution in [1.29, 1.82) is 0 Å². The highest BCUT2D eigenvalue weighted by Gasteiger charge is 2.20. The van der Waals surface area contributed by atoms with Crippen molar-refractivity contribution in [3.63, 3.8) is 0 Å². The fourth-order valence-electron chi connectivity index (χ4n) is 1.93. The lowest BCUT2D eigenvalue weighted by Crippen LogP contribution is -2.16. The zero-order valence-electron chi connectivity index (χ0n) is 9.62. The van der Waals surface area contributed by atoms with Crippen LogP contribution in [0.4, 0.5) is 10.1 Å². The van der Waals surface area contributed by atoms with Crippen molar-refractivity contribution in [2.24, 2.45) is 5.92 Å². The smallest absolute Gasteiger partial charge is 0.343 e. The van der Waals surface area contributed by atoms with E-state index in [1.807, 2.05) is 0 Å². The normalized spacial score (nSPS) is 15.4. The van der Waals surface area contributed by atoms with Crippen molar-refractivity contribution in [2.75, 3.05) is 12.3 Å². The molecular weight excluding hydrogens is 221 g/mol. The molecule has 2 rings (SSSR count). The van der Waals surface area contributed by atoms with Gasteiger partial charge in [0.05, 0.1) is 6.61 Å². The third-order valence-corrected chi connectivity index (χ3v) is 3.23. The minimum absolute atomic E-state index is 0.124. The molecule has 92 valence electrons. The highest BCUT2D eigenvalue weighted by Crippen LogP contribution is 2.29. The van der Waals surface area contributed by atoms with Crippen molar-refractivity contribution in [1.82, 2.24) is 0 Å². The van der Waals surface area contributed by atoms with E-state index in [2.05, 4.69) is 0 Å². The molecule has 0 spiro atoms. The first-order valence-electron chi connectivity index (χ1n) is 5.89. The van der Waals surface area contributed by atoms with Crippen molar-refractivity contribution >= 4 is 11.7 Å². The van der Waals surface area contributed by atoms with Crippen molar-refractivity contribution in [3.8, 4) is 0 Å². The number of carbonyl (C=O) groups is 1. The molecule has 17 heavy (non-hydrogen) atoms. The van der Waals surface area contributed by atoms with Gasteiger partial charge >= 0.3 is 5.97 Å². The number of hydrogen-bond acceptors (Lipinski definition) is 3. The predicted octanol–water partition coefficient (Wildman–Crippen LogP) is 2.75. The van der Waals surface area contributed by atoms with Gasteiger partial charge in [0.1, 0.15) is 11.4 Å². The van der Waals surface area contributed by atoms with E-state index in [1.54, 1.807) is 0 Å². The Bertz CT molecular complexity index is 396. The first-order chi connectivity index (χ1) is 8.18. The molecule has 0 atom stereocenters. The minimum atomic E-state index is -0.667. The van der Waals surface area contributed by atoms with Crippen LogP contribution in [0.3, 0.4) is 0 Å². The third kappa shape index (κ3) is 2.75. The van der Waals surface area contributed by atoms with Gasteiger partial charge in [0.15, 0.2) is 0 Å². The van der Waals surface area contributed by atoms with Crippen LogP contribution in [0, 0.1) is 11.7 Å². The summed E-state index contributed by atoms with van der Waals surface area (Å²) in [7, 11) is 0. The number of benzene rings is 1. The van der Waals surface area contributed by atoms with E-state index in [0.717, 1.165) is 6.42 Å². The van der Waals surface area contributed by atoms with Gasteiger partial charge in [-0.25, -0.2) is 9.18 Å². The molecule has 0 amide bonds. The number of rotatable bonds is 4. The first kappa shape index (κ1) is 11.9. The second-order valence-corrected chi connectivity index (χ2v) is 4.43. The van der Waals surface area contributed by atoms with Crippen LogP contribution < -0.4 is 5.73 Å². The Morgan fingerprint density at radius 3 is 2.82 bits per heavy atom. The van der Waals surface area contributed by atoms with Crippen LogP contribution >= 0.6 is 0 Å². The highest BCUT2D eigenvalue weighted by atomic mass is 19.1. The number of nitrogens with two attached hydrogens (primary N) is 1. The standard InChI is InChI=1S/C13H16FNO2/c14-10-5-2-6-11(15)12(10)13(16)17-8-7-9-3-1-4-9/h2,5-6,9H,1,3-4,7-8,15H2. The summed E-state index contributed by atoms with van der Waals surface area (Å²) in [5.74, 6) is -0.626. The molecule has 0 heterocycles. The van der Waals surface area contributed by atoms with Crippen LogP contribution in [0.1, 0.15) is 36.0 Å². The van der Waals surface area contributed by atoms with Gasteiger partial charge in [-0.2, -0.15) is 0 Å². The Kier molecular flexibility index (Phi) is 3.61. The summed E-state index contributed by atoms with van der Waals surface area (Å²) in [5.41, 5.74) is 5.52. The fourth-order valence-corrected chi connectivity index (χ4v) is 1.93. The van der Waals surface area contributed by atoms with Crippen molar-refractivity contribution in [2.45, 2.75) is 25.7 Å². The lowest BCUT2D eigenvalue weighted by Gasteiger charge is -2.24. The molecular formula is C13H16FNO2. The maximum absolute atomic E-state index is 13.4. The van der Waals surface area contributed by atoms with Crippen LogP contribution in [0.5, 0.6) is 0 Å². The summed E-state index contributed by atoms with van der Waals surface area (Å²) >= 11 is 0. The van der Waals surface area contributed by atoms with E-state index in [4.69, 9.17) is 10.5 Å². The molecule has 0 aliphatic heterocycles. The zero-order chi connectivity index (χ0) is 12.3. The van der Waals surface area contributed by atoms with Gasteiger partial charge in [-0.1, -0.05) is 25.3 Å². The molecule has 0 unspecified atom stereocenters. The molecule has 0 saturated heterocycles. The number of hydrogen-bond donors (Lipinski definition) is 1. The molecule has 0 radical (unpaired) electrons. The fraction of sp³-hybridized carbons (Fsp3) is 0.462. The van der Waals surface area contributed by atoms with Crippen LogP contribution in [-0.4, -0.2) is 12.6 Å². The number of ether oxygens (including phenoxy) is 1. The summed E-state index contributed by atoms with van der Waals surface area (Å²) in [4.78, 5) is 11.6. The van der Waals surface area contributed by atoms with Gasteiger partial charge < -0.3 is 10.5 Å². The Labute approximate surface area is 99.8 Å². The molecule has 1 aliphatic carbocycles. The summed E-state index contributed by atoms with van der Waals surface area (Å²) in [6, 6.07) is 4.17. The highest BCUT2D eigenvalue weighted by molar-refractivity contribution is 5.95. The SMILES string of the molecule is Nc1cccc(F)c1C(=O)OCCC1CCC1. The number of esters is 1. The molecule has 0 aromatic heterocycles. The number of carbonyl (C=O) groups excluding carboxylic acids is 1. The van der Waals surface area contributed by atoms with E-state index in [-0.39, 0.29) is 11.3 Å². The summed E-state index contributed by atoms with van der Waals surface area (Å²) < 4.78 is 18.4. The molecule has 0 bridgehead atoms. The average Bonchev–Trinajstić information content (AvgIpc) is 2.21. The lowest BCUT2D eigenvalue weighted by molar-refractivity contribution is 0.0460. The van der Waals surface area contributed by atoms with E-state index < -0.39 is 11.8 Å². The Morgan fingerprint density at radius 1 is 1.47 bits per heavy atom. The first-order valence-corrected chi connectivity index (χ1v) is 5.89. The monoisotopic (exact) mass is 237 g/mol. The van der Waals surface area contributed by atoms with Crippen molar-refractivity contribution < 1.29 is 13.9 Å². The molecule has 1 fully saturated rings. The molecule has 3 nitrogen and oxygen atoms in total. The van der Waals surface area contributed by atoms with Crippen LogP contribution in [0.2, 0.25) is 0 Å². The number of nitrogen functional groups attached to an aromatic ring is 1. The summed E-state index contributed by atoms with van der Waals surface area (Å²) in [6.07, 6.45) is 4.54. The quantitative estimate of drug-likeness (QED) is 0.647. The second kappa shape index (κ2) is 5.17. The van der Waals surface area contributed by atoms with Gasteiger partial charge in [-0.05, 0) is 24.5 Å². The molecule has 1 aliphatic rings. The topological polar surface area (TPSA) is 52.3 Å². The molecule has 1 saturated carbocycles. The average molecular weight is 237 g/mol. The van der Waals surface area contributed by atoms with Crippen LogP contribution in [0.15, 0.2) is 18.2 Å². The van der Waals surface area contributed by atoms with Crippen LogP contribution in [0.25, 0.3) is 0 Å². The third-order valence-electron chi connectivity index (χ3n) is 3.23. The number of halogens is 1. The largest absolute Gasteiger partial charge is 0.462 e. The Morgan fingerprint density at radius 2 is 2.24 bits per heavy atom. The lowest BCUT2D eigenvalue weighted by atomic mass is 9.83. The number of anilines is 1. The summed E-state index contributed by atoms with van der Waals surface area (Å²) in [6.45, 7) is 0.345. The predicted molar refractivity (Wildman–Crippen MR) is 63.1 cm³/mol. The van der Waals surface area contributed by atoms with E-state index in [9.17, 15) is 9.18 Å². The molecule has 2 N–H and O–H groups in total. The maximum atomic E-state index is 13.4. The molecule has 4 heteroatoms. The van der Waals surface area contributed by atoms with Gasteiger partial charge in [-0.15, -0.1) is 0 Å². The second-order valence-electron chi connectivity index (χ2n) is 4.43. The molecule has 1 aromatic carbocycles. The van der Waals surface area contributed by atoms with Gasteiger partial charge in [-0.3, -0.25) is 0 Å². The van der Waals surface area contributed by atoms with Crippen molar-refractivity contribution in [3.05, 3.63) is 29.6 Å². The zero-order valence-corrected chi connectivity index (χ0v) is 9.62. The van der Waals surface area contributed by atoms with Gasteiger partial charge in [0.25, 0.3) is 0 Å². The maximum Gasteiger partial charge on any atom is 0.343 e. The van der Waals surface area contributed by atoms with Crippen LogP contribution in [-0.2, 0) is 4.74 Å². The van der Waals surface area contributed by atoms with E-state index >= 15 is 0 Å². The van der Waals surface area contributed by atoms with Gasteiger partial charge in [0.2, 0.25) is 0 Å². The minimum Gasteiger partial charge on any atom is -0.462 e. The molecule has 1 aromatic rings. The van der Waals surface area contributed by atoms with Gasteiger partial charge in [0, 0.05) is 5.69 Å². The van der Waals surface area contributed by atoms with E-state index in [0.29, 0.717) is 12.5 Å². The Balaban J connectivity index is 1.90. The Hall–Kier alpha value is -1.58. The van der Waals surface area contributed by atoms with E-state index in [1.165, 1.54) is 37.5 Å².